The third kappa shape index (κ3) is 5.34. The lowest BCUT2D eigenvalue weighted by Gasteiger charge is -2.12. The molecule has 2 aromatic rings. The summed E-state index contributed by atoms with van der Waals surface area (Å²) in [4.78, 5) is 0. The van der Waals surface area contributed by atoms with Gasteiger partial charge in [-0.2, -0.15) is 0 Å². The van der Waals surface area contributed by atoms with Crippen molar-refractivity contribution in [2.45, 2.75) is 26.4 Å². The molecule has 0 aromatic heterocycles. The van der Waals surface area contributed by atoms with Gasteiger partial charge in [0.15, 0.2) is 0 Å². The summed E-state index contributed by atoms with van der Waals surface area (Å²) in [5.74, 6) is 0.948. The highest BCUT2D eigenvalue weighted by atomic mass is 79.9. The smallest absolute Gasteiger partial charge is 0.123 e. The predicted molar refractivity (Wildman–Crippen MR) is 91.9 cm³/mol. The van der Waals surface area contributed by atoms with E-state index in [2.05, 4.69) is 34.2 Å². The Kier molecular flexibility index (Phi) is 6.55. The molecule has 2 rings (SSSR count). The number of hydrogen-bond acceptors (Lipinski definition) is 2. The third-order valence-electron chi connectivity index (χ3n) is 3.04. The first-order valence-electron chi connectivity index (χ1n) is 7.05. The molecule has 2 nitrogen and oxygen atoms in total. The average molecular weight is 369 g/mol. The molecule has 0 radical (unpaired) electrons. The molecular formula is C17H19BrClNO. The summed E-state index contributed by atoms with van der Waals surface area (Å²) in [7, 11) is 0. The number of nitrogens with one attached hydrogen (secondary N) is 1. The lowest BCUT2D eigenvalue weighted by Crippen LogP contribution is -2.13. The third-order valence-corrected chi connectivity index (χ3v) is 3.79. The molecule has 0 heterocycles. The fraction of sp³-hybridized carbons (Fsp3) is 0.294. The van der Waals surface area contributed by atoms with Crippen LogP contribution in [0.2, 0.25) is 5.02 Å². The highest BCUT2D eigenvalue weighted by Crippen LogP contribution is 2.23. The van der Waals surface area contributed by atoms with Crippen molar-refractivity contribution in [3.63, 3.8) is 0 Å². The second-order valence-electron chi connectivity index (χ2n) is 4.83. The normalized spacial score (nSPS) is 10.6. The van der Waals surface area contributed by atoms with Crippen LogP contribution >= 0.6 is 27.5 Å². The molecule has 0 aliphatic rings. The molecule has 1 N–H and O–H groups in total. The fourth-order valence-electron chi connectivity index (χ4n) is 1.98. The maximum Gasteiger partial charge on any atom is 0.123 e. The van der Waals surface area contributed by atoms with Crippen molar-refractivity contribution < 1.29 is 4.74 Å². The van der Waals surface area contributed by atoms with Crippen LogP contribution in [0, 0.1) is 0 Å². The minimum Gasteiger partial charge on any atom is -0.493 e. The van der Waals surface area contributed by atoms with Crippen molar-refractivity contribution in [2.75, 3.05) is 6.61 Å². The first-order chi connectivity index (χ1) is 10.2. The molecular weight excluding hydrogens is 350 g/mol. The van der Waals surface area contributed by atoms with Gasteiger partial charge in [-0.3, -0.25) is 0 Å². The zero-order valence-corrected chi connectivity index (χ0v) is 14.4. The molecule has 4 heteroatoms. The highest BCUT2D eigenvalue weighted by Gasteiger charge is 2.04. The Morgan fingerprint density at radius 2 is 1.86 bits per heavy atom. The van der Waals surface area contributed by atoms with E-state index in [9.17, 15) is 0 Å². The zero-order valence-electron chi connectivity index (χ0n) is 12.0. The predicted octanol–water partition coefficient (Wildman–Crippen LogP) is 5.18. The van der Waals surface area contributed by atoms with Crippen LogP contribution in [0.1, 0.15) is 24.5 Å². The van der Waals surface area contributed by atoms with Gasteiger partial charge in [0, 0.05) is 28.1 Å². The second-order valence-corrected chi connectivity index (χ2v) is 6.18. The SMILES string of the molecule is CCCOc1ccc(Br)cc1CNCc1ccc(Cl)cc1. The molecule has 0 aliphatic heterocycles. The molecule has 2 aromatic carbocycles. The van der Waals surface area contributed by atoms with Gasteiger partial charge in [-0.1, -0.05) is 46.6 Å². The average Bonchev–Trinajstić information content (AvgIpc) is 2.48. The molecule has 0 atom stereocenters. The summed E-state index contributed by atoms with van der Waals surface area (Å²) >= 11 is 9.40. The Morgan fingerprint density at radius 1 is 1.10 bits per heavy atom. The van der Waals surface area contributed by atoms with Gasteiger partial charge in [0.05, 0.1) is 6.61 Å². The Balaban J connectivity index is 1.95. The van der Waals surface area contributed by atoms with E-state index in [1.165, 1.54) is 5.56 Å². The van der Waals surface area contributed by atoms with Crippen LogP contribution in [0.5, 0.6) is 5.75 Å². The van der Waals surface area contributed by atoms with Gasteiger partial charge in [-0.25, -0.2) is 0 Å². The van der Waals surface area contributed by atoms with Gasteiger partial charge in [-0.15, -0.1) is 0 Å². The first kappa shape index (κ1) is 16.3. The van der Waals surface area contributed by atoms with Crippen molar-refractivity contribution >= 4 is 27.5 Å². The maximum atomic E-state index is 5.89. The summed E-state index contributed by atoms with van der Waals surface area (Å²) in [5.41, 5.74) is 2.37. The van der Waals surface area contributed by atoms with E-state index in [1.807, 2.05) is 36.4 Å². The number of rotatable bonds is 7. The van der Waals surface area contributed by atoms with Gasteiger partial charge in [0.1, 0.15) is 5.75 Å². The highest BCUT2D eigenvalue weighted by molar-refractivity contribution is 9.10. The van der Waals surface area contributed by atoms with E-state index in [4.69, 9.17) is 16.3 Å². The Labute approximate surface area is 139 Å². The summed E-state index contributed by atoms with van der Waals surface area (Å²) < 4.78 is 6.85. The van der Waals surface area contributed by atoms with Gasteiger partial charge in [0.2, 0.25) is 0 Å². The van der Waals surface area contributed by atoms with Crippen LogP contribution in [0.3, 0.4) is 0 Å². The van der Waals surface area contributed by atoms with Crippen LogP contribution in [0.15, 0.2) is 46.9 Å². The molecule has 0 bridgehead atoms. The maximum absolute atomic E-state index is 5.89. The molecule has 0 aliphatic carbocycles. The number of ether oxygens (including phenoxy) is 1. The quantitative estimate of drug-likeness (QED) is 0.727. The minimum atomic E-state index is 0.742. The molecule has 21 heavy (non-hydrogen) atoms. The van der Waals surface area contributed by atoms with Crippen molar-refractivity contribution in [2.24, 2.45) is 0 Å². The number of halogens is 2. The topological polar surface area (TPSA) is 21.3 Å². The lowest BCUT2D eigenvalue weighted by molar-refractivity contribution is 0.313. The second kappa shape index (κ2) is 8.42. The molecule has 0 saturated carbocycles. The molecule has 0 spiro atoms. The van der Waals surface area contributed by atoms with E-state index in [-0.39, 0.29) is 0 Å². The molecule has 0 amide bonds. The van der Waals surface area contributed by atoms with Gasteiger partial charge in [0.25, 0.3) is 0 Å². The van der Waals surface area contributed by atoms with E-state index < -0.39 is 0 Å². The van der Waals surface area contributed by atoms with E-state index in [0.717, 1.165) is 46.9 Å². The van der Waals surface area contributed by atoms with Gasteiger partial charge < -0.3 is 10.1 Å². The summed E-state index contributed by atoms with van der Waals surface area (Å²) in [6.07, 6.45) is 1.01. The Bertz CT molecular complexity index is 572. The van der Waals surface area contributed by atoms with Crippen LogP contribution in [0.4, 0.5) is 0 Å². The zero-order chi connectivity index (χ0) is 15.1. The van der Waals surface area contributed by atoms with Crippen molar-refractivity contribution in [3.05, 3.63) is 63.1 Å². The largest absolute Gasteiger partial charge is 0.493 e. The Hall–Kier alpha value is -1.03. The molecule has 0 unspecified atom stereocenters. The fourth-order valence-corrected chi connectivity index (χ4v) is 2.52. The molecule has 112 valence electrons. The molecule has 0 saturated heterocycles. The van der Waals surface area contributed by atoms with Crippen LogP contribution < -0.4 is 10.1 Å². The van der Waals surface area contributed by atoms with E-state index in [1.54, 1.807) is 0 Å². The van der Waals surface area contributed by atoms with Gasteiger partial charge >= 0.3 is 0 Å². The van der Waals surface area contributed by atoms with Gasteiger partial charge in [-0.05, 0) is 42.3 Å². The Morgan fingerprint density at radius 3 is 2.57 bits per heavy atom. The van der Waals surface area contributed by atoms with E-state index in [0.29, 0.717) is 0 Å². The minimum absolute atomic E-state index is 0.742. The van der Waals surface area contributed by atoms with Crippen LogP contribution in [-0.4, -0.2) is 6.61 Å². The van der Waals surface area contributed by atoms with E-state index >= 15 is 0 Å². The van der Waals surface area contributed by atoms with Crippen molar-refractivity contribution in [1.29, 1.82) is 0 Å². The van der Waals surface area contributed by atoms with Crippen molar-refractivity contribution in [1.82, 2.24) is 5.32 Å². The van der Waals surface area contributed by atoms with Crippen LogP contribution in [0.25, 0.3) is 0 Å². The monoisotopic (exact) mass is 367 g/mol. The summed E-state index contributed by atoms with van der Waals surface area (Å²) in [6, 6.07) is 14.0. The first-order valence-corrected chi connectivity index (χ1v) is 8.22. The summed E-state index contributed by atoms with van der Waals surface area (Å²) in [6.45, 7) is 4.42. The van der Waals surface area contributed by atoms with Crippen molar-refractivity contribution in [3.8, 4) is 5.75 Å². The van der Waals surface area contributed by atoms with Crippen LogP contribution in [-0.2, 0) is 13.1 Å². The lowest BCUT2D eigenvalue weighted by atomic mass is 10.2. The summed E-state index contributed by atoms with van der Waals surface area (Å²) in [5, 5.41) is 4.20. The molecule has 0 fully saturated rings. The number of benzene rings is 2. The number of hydrogen-bond donors (Lipinski definition) is 1. The standard InChI is InChI=1S/C17H19BrClNO/c1-2-9-21-17-8-5-15(18)10-14(17)12-20-11-13-3-6-16(19)7-4-13/h3-8,10,20H,2,9,11-12H2,1H3.